The van der Waals surface area contributed by atoms with Crippen molar-refractivity contribution in [2.45, 2.75) is 32.1 Å². The molecule has 0 bridgehead atoms. The normalized spacial score (nSPS) is 12.9. The molecule has 3 nitrogen and oxygen atoms in total. The van der Waals surface area contributed by atoms with Crippen LogP contribution >= 0.6 is 0 Å². The highest BCUT2D eigenvalue weighted by Gasteiger charge is 2.19. The van der Waals surface area contributed by atoms with E-state index in [9.17, 15) is 0 Å². The highest BCUT2D eigenvalue weighted by molar-refractivity contribution is 6.74. The summed E-state index contributed by atoms with van der Waals surface area (Å²) < 4.78 is 16.1. The third kappa shape index (κ3) is 8.89. The van der Waals surface area contributed by atoms with Crippen LogP contribution in [0, 0.1) is 0 Å². The molecule has 0 heterocycles. The largest absolute Gasteiger partial charge is 0.461 e. The van der Waals surface area contributed by atoms with Gasteiger partial charge in [0.15, 0.2) is 8.32 Å². The number of methoxy groups -OCH3 is 1. The molecule has 0 spiro atoms. The van der Waals surface area contributed by atoms with Gasteiger partial charge in [0.25, 0.3) is 0 Å². The lowest BCUT2D eigenvalue weighted by atomic mass is 10.5. The van der Waals surface area contributed by atoms with E-state index in [-0.39, 0.29) is 9.76 Å². The van der Waals surface area contributed by atoms with Gasteiger partial charge in [0.05, 0.1) is 13.2 Å². The van der Waals surface area contributed by atoms with Crippen LogP contribution in [-0.2, 0) is 13.6 Å². The summed E-state index contributed by atoms with van der Waals surface area (Å²) in [6.07, 6.45) is 1.12. The molecule has 0 fully saturated rings. The predicted molar refractivity (Wildman–Crippen MR) is 65.1 cm³/mol. The SMILES string of the molecule is COCCOCCC[Si](C)(C)O[SiH2]C. The van der Waals surface area contributed by atoms with Crippen molar-refractivity contribution >= 4 is 18.1 Å². The molecule has 5 heteroatoms. The monoisotopic (exact) mass is 236 g/mol. The molecule has 0 aliphatic rings. The van der Waals surface area contributed by atoms with Gasteiger partial charge in [-0.15, -0.1) is 0 Å². The van der Waals surface area contributed by atoms with Crippen molar-refractivity contribution in [1.29, 1.82) is 0 Å². The van der Waals surface area contributed by atoms with Crippen molar-refractivity contribution in [3.63, 3.8) is 0 Å². The van der Waals surface area contributed by atoms with E-state index in [0.717, 1.165) is 13.0 Å². The highest BCUT2D eigenvalue weighted by Crippen LogP contribution is 2.12. The highest BCUT2D eigenvalue weighted by atomic mass is 28.4. The average molecular weight is 236 g/mol. The van der Waals surface area contributed by atoms with Crippen LogP contribution in [0.3, 0.4) is 0 Å². The molecule has 0 amide bonds. The van der Waals surface area contributed by atoms with Crippen LogP contribution in [0.4, 0.5) is 0 Å². The Morgan fingerprint density at radius 3 is 2.43 bits per heavy atom. The molecular weight excluding hydrogens is 212 g/mol. The second kappa shape index (κ2) is 8.61. The minimum absolute atomic E-state index is 0.237. The summed E-state index contributed by atoms with van der Waals surface area (Å²) in [6.45, 7) is 9.02. The van der Waals surface area contributed by atoms with Gasteiger partial charge in [-0.25, -0.2) is 0 Å². The standard InChI is InChI=1S/C9H24O3Si2/c1-10-7-8-11-6-5-9-14(3,4)12-13-2/h5-9,13H2,1-4H3. The van der Waals surface area contributed by atoms with Crippen molar-refractivity contribution < 1.29 is 13.6 Å². The Hall–Kier alpha value is 0.314. The zero-order valence-electron chi connectivity index (χ0n) is 9.97. The maximum absolute atomic E-state index is 5.85. The van der Waals surface area contributed by atoms with Gasteiger partial charge in [0, 0.05) is 13.7 Å². The summed E-state index contributed by atoms with van der Waals surface area (Å²) in [5.41, 5.74) is 0. The van der Waals surface area contributed by atoms with E-state index in [1.165, 1.54) is 6.04 Å². The van der Waals surface area contributed by atoms with Crippen LogP contribution in [-0.4, -0.2) is 45.0 Å². The van der Waals surface area contributed by atoms with Crippen LogP contribution in [0.25, 0.3) is 0 Å². The predicted octanol–water partition coefficient (Wildman–Crippen LogP) is 1.39. The van der Waals surface area contributed by atoms with Crippen LogP contribution in [0.2, 0.25) is 25.7 Å². The van der Waals surface area contributed by atoms with Crippen molar-refractivity contribution in [2.24, 2.45) is 0 Å². The van der Waals surface area contributed by atoms with Gasteiger partial charge < -0.3 is 13.6 Å². The van der Waals surface area contributed by atoms with E-state index < -0.39 is 8.32 Å². The fourth-order valence-corrected chi connectivity index (χ4v) is 6.01. The number of hydrogen-bond donors (Lipinski definition) is 0. The Morgan fingerprint density at radius 2 is 1.86 bits per heavy atom. The molecule has 0 saturated carbocycles. The zero-order valence-corrected chi connectivity index (χ0v) is 12.4. The summed E-state index contributed by atoms with van der Waals surface area (Å²) in [5.74, 6) is 0. The Bertz CT molecular complexity index is 131. The van der Waals surface area contributed by atoms with Crippen LogP contribution in [0.15, 0.2) is 0 Å². The molecule has 86 valence electrons. The van der Waals surface area contributed by atoms with Gasteiger partial charge in [-0.2, -0.15) is 0 Å². The molecule has 0 rings (SSSR count). The first-order valence-corrected chi connectivity index (χ1v) is 10.4. The number of rotatable bonds is 9. The molecule has 14 heavy (non-hydrogen) atoms. The minimum atomic E-state index is -1.32. The molecule has 0 saturated heterocycles. The van der Waals surface area contributed by atoms with E-state index in [0.29, 0.717) is 13.2 Å². The molecule has 0 atom stereocenters. The summed E-state index contributed by atoms with van der Waals surface area (Å²) >= 11 is 0. The summed E-state index contributed by atoms with van der Waals surface area (Å²) in [4.78, 5) is 0. The van der Waals surface area contributed by atoms with E-state index in [1.54, 1.807) is 7.11 Å². The molecule has 0 unspecified atom stereocenters. The van der Waals surface area contributed by atoms with Gasteiger partial charge in [-0.05, 0) is 25.6 Å². The smallest absolute Gasteiger partial charge is 0.173 e. The Morgan fingerprint density at radius 1 is 1.14 bits per heavy atom. The third-order valence-electron chi connectivity index (χ3n) is 2.03. The summed E-state index contributed by atoms with van der Waals surface area (Å²) in [6, 6.07) is 1.21. The summed E-state index contributed by atoms with van der Waals surface area (Å²) in [7, 11) is 0.135. The average Bonchev–Trinajstić information content (AvgIpc) is 2.11. The maximum Gasteiger partial charge on any atom is 0.173 e. The van der Waals surface area contributed by atoms with Crippen molar-refractivity contribution in [3.05, 3.63) is 0 Å². The van der Waals surface area contributed by atoms with Crippen molar-refractivity contribution in [3.8, 4) is 0 Å². The van der Waals surface area contributed by atoms with Gasteiger partial charge in [-0.3, -0.25) is 0 Å². The van der Waals surface area contributed by atoms with Crippen LogP contribution in [0.1, 0.15) is 6.42 Å². The van der Waals surface area contributed by atoms with Gasteiger partial charge in [-0.1, -0.05) is 6.55 Å². The lowest BCUT2D eigenvalue weighted by Gasteiger charge is -2.22. The molecule has 0 N–H and O–H groups in total. The van der Waals surface area contributed by atoms with Crippen LogP contribution < -0.4 is 0 Å². The fraction of sp³-hybridized carbons (Fsp3) is 1.00. The zero-order chi connectivity index (χ0) is 10.9. The number of hydrogen-bond acceptors (Lipinski definition) is 3. The molecular formula is C9H24O3Si2. The number of ether oxygens (including phenoxy) is 2. The molecule has 0 aromatic heterocycles. The lowest BCUT2D eigenvalue weighted by Crippen LogP contribution is -2.31. The topological polar surface area (TPSA) is 27.7 Å². The van der Waals surface area contributed by atoms with Crippen molar-refractivity contribution in [2.75, 3.05) is 26.9 Å². The summed E-state index contributed by atoms with van der Waals surface area (Å²) in [5, 5.41) is 0. The van der Waals surface area contributed by atoms with E-state index in [1.807, 2.05) is 0 Å². The van der Waals surface area contributed by atoms with Gasteiger partial charge in [0.2, 0.25) is 0 Å². The van der Waals surface area contributed by atoms with Gasteiger partial charge in [0.1, 0.15) is 9.76 Å². The van der Waals surface area contributed by atoms with E-state index in [4.69, 9.17) is 13.6 Å². The lowest BCUT2D eigenvalue weighted by molar-refractivity contribution is 0.0707. The molecule has 0 aliphatic carbocycles. The Balaban J connectivity index is 3.26. The molecule has 0 aliphatic heterocycles. The quantitative estimate of drug-likeness (QED) is 0.447. The maximum atomic E-state index is 5.85. The fourth-order valence-electron chi connectivity index (χ4n) is 1.31. The third-order valence-corrected chi connectivity index (χ3v) is 7.87. The Labute approximate surface area is 91.2 Å². The van der Waals surface area contributed by atoms with Gasteiger partial charge >= 0.3 is 0 Å². The van der Waals surface area contributed by atoms with Crippen molar-refractivity contribution in [1.82, 2.24) is 0 Å². The first kappa shape index (κ1) is 14.3. The second-order valence-corrected chi connectivity index (χ2v) is 9.65. The molecule has 0 aromatic rings. The minimum Gasteiger partial charge on any atom is -0.461 e. The van der Waals surface area contributed by atoms with E-state index in [2.05, 4.69) is 19.6 Å². The molecule has 0 radical (unpaired) electrons. The Kier molecular flexibility index (Phi) is 8.80. The van der Waals surface area contributed by atoms with Crippen LogP contribution in [0.5, 0.6) is 0 Å². The van der Waals surface area contributed by atoms with E-state index >= 15 is 0 Å². The molecule has 0 aromatic carbocycles. The first-order valence-electron chi connectivity index (χ1n) is 5.33. The first-order chi connectivity index (χ1) is 6.62. The second-order valence-electron chi connectivity index (χ2n) is 3.90.